The Balaban J connectivity index is 1.51. The fourth-order valence-corrected chi connectivity index (χ4v) is 4.72. The minimum Gasteiger partial charge on any atom is -0.368 e. The van der Waals surface area contributed by atoms with E-state index in [1.807, 2.05) is 40.9 Å². The topological polar surface area (TPSA) is 49.6 Å². The molecule has 1 aliphatic heterocycles. The Morgan fingerprint density at radius 3 is 2.34 bits per heavy atom. The number of aromatic nitrogens is 4. The molecule has 0 amide bonds. The Morgan fingerprint density at radius 2 is 1.62 bits per heavy atom. The van der Waals surface area contributed by atoms with Crippen LogP contribution < -0.4 is 9.80 Å². The molecule has 0 saturated carbocycles. The predicted molar refractivity (Wildman–Crippen MR) is 131 cm³/mol. The number of benzene rings is 2. The van der Waals surface area contributed by atoms with E-state index in [4.69, 9.17) is 26.7 Å². The number of rotatable bonds is 4. The summed E-state index contributed by atoms with van der Waals surface area (Å²) in [6.07, 6.45) is 0.901. The molecule has 32 heavy (non-hydrogen) atoms. The van der Waals surface area contributed by atoms with Crippen molar-refractivity contribution >= 4 is 28.9 Å². The highest BCUT2D eigenvalue weighted by Crippen LogP contribution is 2.30. The number of nitrogens with zero attached hydrogens (tertiary/aromatic N) is 6. The standard InChI is InChI=1S/C25H27ClN6/c1-4-21-18(3)27-25-28-23(19-8-6-5-7-9-19)29-32(25)24(21)31-14-12-30(13-15-31)22-16-20(26)11-10-17(22)2/h5-11,16H,4,12-15H2,1-3H3. The summed E-state index contributed by atoms with van der Waals surface area (Å²) in [7, 11) is 0. The molecule has 0 spiro atoms. The van der Waals surface area contributed by atoms with Crippen LogP contribution in [0, 0.1) is 13.8 Å². The number of fused-ring (bicyclic) bond motifs is 1. The summed E-state index contributed by atoms with van der Waals surface area (Å²) >= 11 is 6.27. The van der Waals surface area contributed by atoms with Crippen molar-refractivity contribution in [3.8, 4) is 11.4 Å². The van der Waals surface area contributed by atoms with Crippen molar-refractivity contribution < 1.29 is 0 Å². The van der Waals surface area contributed by atoms with E-state index in [9.17, 15) is 0 Å². The predicted octanol–water partition coefficient (Wildman–Crippen LogP) is 4.95. The van der Waals surface area contributed by atoms with Crippen LogP contribution in [-0.4, -0.2) is 45.8 Å². The van der Waals surface area contributed by atoms with Gasteiger partial charge in [0.05, 0.1) is 0 Å². The lowest BCUT2D eigenvalue weighted by Crippen LogP contribution is -2.47. The van der Waals surface area contributed by atoms with Gasteiger partial charge >= 0.3 is 0 Å². The average molecular weight is 447 g/mol. The molecule has 0 atom stereocenters. The van der Waals surface area contributed by atoms with E-state index in [1.165, 1.54) is 16.8 Å². The van der Waals surface area contributed by atoms with E-state index in [0.717, 1.165) is 54.7 Å². The second-order valence-electron chi connectivity index (χ2n) is 8.27. The summed E-state index contributed by atoms with van der Waals surface area (Å²) in [4.78, 5) is 14.4. The van der Waals surface area contributed by atoms with Crippen molar-refractivity contribution in [1.82, 2.24) is 19.6 Å². The molecule has 0 aliphatic carbocycles. The van der Waals surface area contributed by atoms with Crippen LogP contribution in [0.4, 0.5) is 11.5 Å². The highest BCUT2D eigenvalue weighted by Gasteiger charge is 2.25. The number of halogens is 1. The van der Waals surface area contributed by atoms with Gasteiger partial charge in [0, 0.05) is 53.7 Å². The van der Waals surface area contributed by atoms with Crippen molar-refractivity contribution in [3.63, 3.8) is 0 Å². The van der Waals surface area contributed by atoms with Crippen LogP contribution in [0.3, 0.4) is 0 Å². The molecule has 0 radical (unpaired) electrons. The van der Waals surface area contributed by atoms with Gasteiger partial charge in [0.15, 0.2) is 5.82 Å². The minimum atomic E-state index is 0.654. The SMILES string of the molecule is CCc1c(C)nc2nc(-c3ccccc3)nn2c1N1CCN(c2cc(Cl)ccc2C)CC1. The number of hydrogen-bond donors (Lipinski definition) is 0. The molecule has 0 bridgehead atoms. The fraction of sp³-hybridized carbons (Fsp3) is 0.320. The first kappa shape index (κ1) is 20.8. The molecule has 2 aromatic heterocycles. The molecule has 5 rings (SSSR count). The van der Waals surface area contributed by atoms with Crippen molar-refractivity contribution in [3.05, 3.63) is 70.4 Å². The summed E-state index contributed by atoms with van der Waals surface area (Å²) in [5.41, 5.74) is 5.73. The number of anilines is 2. The van der Waals surface area contributed by atoms with E-state index >= 15 is 0 Å². The number of hydrogen-bond acceptors (Lipinski definition) is 5. The molecule has 0 unspecified atom stereocenters. The van der Waals surface area contributed by atoms with Crippen LogP contribution in [0.1, 0.15) is 23.7 Å². The summed E-state index contributed by atoms with van der Waals surface area (Å²) in [5, 5.41) is 5.66. The summed E-state index contributed by atoms with van der Waals surface area (Å²) in [6, 6.07) is 16.2. The highest BCUT2D eigenvalue weighted by molar-refractivity contribution is 6.30. The van der Waals surface area contributed by atoms with Gasteiger partial charge in [0.25, 0.3) is 5.78 Å². The largest absolute Gasteiger partial charge is 0.368 e. The van der Waals surface area contributed by atoms with Gasteiger partial charge in [-0.2, -0.15) is 9.50 Å². The summed E-state index contributed by atoms with van der Waals surface area (Å²) in [5.74, 6) is 2.48. The Hall–Kier alpha value is -3.12. The molecular formula is C25H27ClN6. The maximum absolute atomic E-state index is 6.27. The molecule has 1 aliphatic rings. The van der Waals surface area contributed by atoms with Gasteiger partial charge in [0.2, 0.25) is 0 Å². The van der Waals surface area contributed by atoms with Crippen LogP contribution in [-0.2, 0) is 6.42 Å². The molecule has 164 valence electrons. The minimum absolute atomic E-state index is 0.654. The van der Waals surface area contributed by atoms with Crippen LogP contribution in [0.5, 0.6) is 0 Å². The lowest BCUT2D eigenvalue weighted by molar-refractivity contribution is 0.633. The molecule has 4 aromatic rings. The van der Waals surface area contributed by atoms with E-state index < -0.39 is 0 Å². The van der Waals surface area contributed by atoms with Crippen LogP contribution in [0.2, 0.25) is 5.02 Å². The van der Waals surface area contributed by atoms with Gasteiger partial charge in [-0.1, -0.05) is 54.9 Å². The van der Waals surface area contributed by atoms with Crippen LogP contribution in [0.15, 0.2) is 48.5 Å². The monoisotopic (exact) mass is 446 g/mol. The Kier molecular flexibility index (Phi) is 5.47. The van der Waals surface area contributed by atoms with Crippen molar-refractivity contribution in [2.45, 2.75) is 27.2 Å². The zero-order chi connectivity index (χ0) is 22.2. The first-order valence-corrected chi connectivity index (χ1v) is 11.5. The first-order chi connectivity index (χ1) is 15.5. The molecule has 1 saturated heterocycles. The second-order valence-corrected chi connectivity index (χ2v) is 8.71. The van der Waals surface area contributed by atoms with Gasteiger partial charge < -0.3 is 9.80 Å². The lowest BCUT2D eigenvalue weighted by atomic mass is 10.1. The number of piperazine rings is 1. The zero-order valence-corrected chi connectivity index (χ0v) is 19.5. The molecule has 1 fully saturated rings. The second kappa shape index (κ2) is 8.43. The Bertz CT molecular complexity index is 1260. The quantitative estimate of drug-likeness (QED) is 0.444. The maximum Gasteiger partial charge on any atom is 0.254 e. The third-order valence-electron chi connectivity index (χ3n) is 6.24. The summed E-state index contributed by atoms with van der Waals surface area (Å²) in [6.45, 7) is 10.0. The average Bonchev–Trinajstić information content (AvgIpc) is 3.24. The fourth-order valence-electron chi connectivity index (χ4n) is 4.56. The van der Waals surface area contributed by atoms with Crippen LogP contribution >= 0.6 is 11.6 Å². The van der Waals surface area contributed by atoms with Gasteiger partial charge in [-0.05, 0) is 38.0 Å². The van der Waals surface area contributed by atoms with Gasteiger partial charge in [0.1, 0.15) is 5.82 Å². The summed E-state index contributed by atoms with van der Waals surface area (Å²) < 4.78 is 1.94. The van der Waals surface area contributed by atoms with Crippen molar-refractivity contribution in [1.29, 1.82) is 0 Å². The van der Waals surface area contributed by atoms with Crippen LogP contribution in [0.25, 0.3) is 17.2 Å². The molecule has 3 heterocycles. The van der Waals surface area contributed by atoms with E-state index in [-0.39, 0.29) is 0 Å². The third-order valence-corrected chi connectivity index (χ3v) is 6.48. The van der Waals surface area contributed by atoms with Gasteiger partial charge in [-0.15, -0.1) is 5.10 Å². The lowest BCUT2D eigenvalue weighted by Gasteiger charge is -2.38. The van der Waals surface area contributed by atoms with Gasteiger partial charge in [-0.25, -0.2) is 4.98 Å². The van der Waals surface area contributed by atoms with Crippen molar-refractivity contribution in [2.24, 2.45) is 0 Å². The Labute approximate surface area is 193 Å². The van der Waals surface area contributed by atoms with E-state index in [2.05, 4.69) is 42.7 Å². The molecule has 2 aromatic carbocycles. The molecule has 0 N–H and O–H groups in total. The molecular weight excluding hydrogens is 420 g/mol. The zero-order valence-electron chi connectivity index (χ0n) is 18.7. The molecule has 6 nitrogen and oxygen atoms in total. The molecule has 7 heteroatoms. The van der Waals surface area contributed by atoms with E-state index in [1.54, 1.807) is 0 Å². The van der Waals surface area contributed by atoms with E-state index in [0.29, 0.717) is 11.6 Å². The Morgan fingerprint density at radius 1 is 0.906 bits per heavy atom. The maximum atomic E-state index is 6.27. The first-order valence-electron chi connectivity index (χ1n) is 11.1. The smallest absolute Gasteiger partial charge is 0.254 e. The van der Waals surface area contributed by atoms with Crippen molar-refractivity contribution in [2.75, 3.05) is 36.0 Å². The highest BCUT2D eigenvalue weighted by atomic mass is 35.5. The number of aryl methyl sites for hydroxylation is 2. The third kappa shape index (κ3) is 3.69. The normalized spacial score (nSPS) is 14.4. The van der Waals surface area contributed by atoms with Gasteiger partial charge in [-0.3, -0.25) is 0 Å².